The zero-order chi connectivity index (χ0) is 21.2. The standard InChI is InChI=1S/C16H15F3N6O3S/c1-9(21-6-10-4-2-3-5-20-10)7-24-12-11(22-8-23-12)13(26)25(15(24)29)28-14(27)16(17,18)19/h2-5,8-9,21H,6-7H2,1H3,(H,22,23). The topological polar surface area (TPSA) is 107 Å². The summed E-state index contributed by atoms with van der Waals surface area (Å²) in [5.74, 6) is -2.56. The molecule has 1 unspecified atom stereocenters. The monoisotopic (exact) mass is 428 g/mol. The average Bonchev–Trinajstić information content (AvgIpc) is 3.16. The van der Waals surface area contributed by atoms with Gasteiger partial charge in [0.2, 0.25) is 4.77 Å². The molecule has 0 aliphatic heterocycles. The van der Waals surface area contributed by atoms with Crippen molar-refractivity contribution in [1.29, 1.82) is 0 Å². The van der Waals surface area contributed by atoms with Crippen molar-refractivity contribution in [3.8, 4) is 0 Å². The van der Waals surface area contributed by atoms with Gasteiger partial charge >= 0.3 is 17.7 Å². The Morgan fingerprint density at radius 3 is 2.79 bits per heavy atom. The first-order valence-electron chi connectivity index (χ1n) is 8.30. The fraction of sp³-hybridized carbons (Fsp3) is 0.312. The van der Waals surface area contributed by atoms with E-state index in [1.165, 1.54) is 10.9 Å². The number of aromatic nitrogens is 5. The van der Waals surface area contributed by atoms with Gasteiger partial charge in [-0.25, -0.2) is 9.78 Å². The summed E-state index contributed by atoms with van der Waals surface area (Å²) in [4.78, 5) is 38.5. The van der Waals surface area contributed by atoms with Gasteiger partial charge in [0.05, 0.1) is 12.0 Å². The van der Waals surface area contributed by atoms with Crippen LogP contribution < -0.4 is 15.7 Å². The Morgan fingerprint density at radius 2 is 2.14 bits per heavy atom. The van der Waals surface area contributed by atoms with E-state index in [9.17, 15) is 22.8 Å². The molecule has 0 saturated carbocycles. The number of fused-ring (bicyclic) bond motifs is 1. The van der Waals surface area contributed by atoms with E-state index in [4.69, 9.17) is 12.2 Å². The third-order valence-corrected chi connectivity index (χ3v) is 4.28. The van der Waals surface area contributed by atoms with Gasteiger partial charge in [-0.1, -0.05) is 6.07 Å². The minimum Gasteiger partial charge on any atom is -0.339 e. The predicted octanol–water partition coefficient (Wildman–Crippen LogP) is 1.35. The second kappa shape index (κ2) is 8.13. The van der Waals surface area contributed by atoms with Crippen LogP contribution in [-0.2, 0) is 17.9 Å². The van der Waals surface area contributed by atoms with Crippen LogP contribution >= 0.6 is 12.2 Å². The first-order valence-corrected chi connectivity index (χ1v) is 8.71. The number of H-pyrrole nitrogens is 1. The SMILES string of the molecule is CC(Cn1c(=S)n(OC(=O)C(F)(F)F)c(=O)c2[nH]cnc21)NCc1ccccn1. The van der Waals surface area contributed by atoms with Crippen molar-refractivity contribution in [3.05, 3.63) is 51.5 Å². The zero-order valence-electron chi connectivity index (χ0n) is 14.9. The van der Waals surface area contributed by atoms with Crippen LogP contribution in [0.4, 0.5) is 13.2 Å². The molecule has 2 N–H and O–H groups in total. The highest BCUT2D eigenvalue weighted by Crippen LogP contribution is 2.15. The molecular weight excluding hydrogens is 413 g/mol. The van der Waals surface area contributed by atoms with Crippen LogP contribution in [0.1, 0.15) is 12.6 Å². The Bertz CT molecular complexity index is 1140. The van der Waals surface area contributed by atoms with E-state index in [0.717, 1.165) is 5.69 Å². The molecule has 9 nitrogen and oxygen atoms in total. The van der Waals surface area contributed by atoms with E-state index in [0.29, 0.717) is 6.54 Å². The highest BCUT2D eigenvalue weighted by Gasteiger charge is 2.42. The van der Waals surface area contributed by atoms with Gasteiger partial charge in [-0.2, -0.15) is 13.2 Å². The second-order valence-electron chi connectivity index (χ2n) is 6.07. The highest BCUT2D eigenvalue weighted by atomic mass is 32.1. The van der Waals surface area contributed by atoms with Crippen LogP contribution in [0.5, 0.6) is 0 Å². The summed E-state index contributed by atoms with van der Waals surface area (Å²) in [6.07, 6.45) is -2.44. The summed E-state index contributed by atoms with van der Waals surface area (Å²) in [6.45, 7) is 2.37. The maximum absolute atomic E-state index is 12.6. The van der Waals surface area contributed by atoms with Crippen molar-refractivity contribution in [1.82, 2.24) is 29.6 Å². The lowest BCUT2D eigenvalue weighted by Crippen LogP contribution is -2.41. The smallest absolute Gasteiger partial charge is 0.339 e. The zero-order valence-corrected chi connectivity index (χ0v) is 15.8. The molecular formula is C16H15F3N6O3S. The van der Waals surface area contributed by atoms with Gasteiger partial charge in [-0.15, -0.1) is 4.73 Å². The minimum absolute atomic E-state index is 0.130. The third-order valence-electron chi connectivity index (χ3n) is 3.90. The number of alkyl halides is 3. The molecule has 3 aromatic rings. The molecule has 1 atom stereocenters. The summed E-state index contributed by atoms with van der Waals surface area (Å²) < 4.78 is 38.7. The Kier molecular flexibility index (Phi) is 5.79. The Labute approximate surface area is 166 Å². The lowest BCUT2D eigenvalue weighted by molar-refractivity contribution is -0.200. The maximum Gasteiger partial charge on any atom is 0.493 e. The van der Waals surface area contributed by atoms with Crippen molar-refractivity contribution in [2.45, 2.75) is 32.2 Å². The molecule has 3 aromatic heterocycles. The predicted molar refractivity (Wildman–Crippen MR) is 97.4 cm³/mol. The van der Waals surface area contributed by atoms with Crippen LogP contribution in [0, 0.1) is 4.77 Å². The fourth-order valence-electron chi connectivity index (χ4n) is 2.54. The van der Waals surface area contributed by atoms with Crippen LogP contribution in [0.25, 0.3) is 11.2 Å². The first kappa shape index (κ1) is 20.7. The average molecular weight is 428 g/mol. The maximum atomic E-state index is 12.6. The quantitative estimate of drug-likeness (QED) is 0.571. The van der Waals surface area contributed by atoms with E-state index in [1.54, 1.807) is 19.2 Å². The fourth-order valence-corrected chi connectivity index (χ4v) is 2.82. The van der Waals surface area contributed by atoms with E-state index >= 15 is 0 Å². The number of imidazole rings is 1. The van der Waals surface area contributed by atoms with E-state index in [2.05, 4.69) is 25.1 Å². The number of carbonyl (C=O) groups is 1. The normalized spacial score (nSPS) is 12.8. The molecule has 0 radical (unpaired) electrons. The molecule has 0 fully saturated rings. The van der Waals surface area contributed by atoms with E-state index in [1.807, 2.05) is 12.1 Å². The number of nitrogens with zero attached hydrogens (tertiary/aromatic N) is 4. The molecule has 13 heteroatoms. The number of pyridine rings is 1. The molecule has 29 heavy (non-hydrogen) atoms. The number of nitrogens with one attached hydrogen (secondary N) is 2. The van der Waals surface area contributed by atoms with Crippen molar-refractivity contribution in [2.75, 3.05) is 0 Å². The van der Waals surface area contributed by atoms with Crippen molar-refractivity contribution < 1.29 is 22.8 Å². The molecule has 0 aromatic carbocycles. The van der Waals surface area contributed by atoms with Crippen LogP contribution in [0.3, 0.4) is 0 Å². The summed E-state index contributed by atoms with van der Waals surface area (Å²) in [6, 6.07) is 5.20. The van der Waals surface area contributed by atoms with Crippen molar-refractivity contribution in [3.63, 3.8) is 0 Å². The Balaban J connectivity index is 1.91. The van der Waals surface area contributed by atoms with Gasteiger partial charge < -0.3 is 15.1 Å². The van der Waals surface area contributed by atoms with Gasteiger partial charge in [-0.3, -0.25) is 14.3 Å². The van der Waals surface area contributed by atoms with Crippen molar-refractivity contribution >= 4 is 29.4 Å². The lowest BCUT2D eigenvalue weighted by atomic mass is 10.3. The molecule has 0 saturated heterocycles. The Hall–Kier alpha value is -3.06. The number of hydrogen-bond donors (Lipinski definition) is 2. The molecule has 0 aliphatic carbocycles. The first-order chi connectivity index (χ1) is 13.7. The number of hydrogen-bond acceptors (Lipinski definition) is 7. The largest absolute Gasteiger partial charge is 0.493 e. The van der Waals surface area contributed by atoms with Crippen LogP contribution in [-0.4, -0.2) is 42.4 Å². The number of rotatable bonds is 6. The molecule has 0 bridgehead atoms. The van der Waals surface area contributed by atoms with E-state index < -0.39 is 22.5 Å². The van der Waals surface area contributed by atoms with Gasteiger partial charge in [0.25, 0.3) is 0 Å². The minimum atomic E-state index is -5.29. The lowest BCUT2D eigenvalue weighted by Gasteiger charge is -2.18. The Morgan fingerprint density at radius 1 is 1.38 bits per heavy atom. The molecule has 0 aliphatic rings. The molecule has 0 spiro atoms. The number of halogens is 3. The summed E-state index contributed by atoms with van der Waals surface area (Å²) in [5.41, 5.74) is -0.279. The molecule has 0 amide bonds. The van der Waals surface area contributed by atoms with E-state index in [-0.39, 0.29) is 28.5 Å². The van der Waals surface area contributed by atoms with Gasteiger partial charge in [0.15, 0.2) is 11.2 Å². The summed E-state index contributed by atoms with van der Waals surface area (Å²) >= 11 is 5.10. The third kappa shape index (κ3) is 4.51. The van der Waals surface area contributed by atoms with Gasteiger partial charge in [-0.05, 0) is 31.3 Å². The van der Waals surface area contributed by atoms with Crippen LogP contribution in [0.15, 0.2) is 35.5 Å². The molecule has 3 heterocycles. The van der Waals surface area contributed by atoms with Gasteiger partial charge in [0, 0.05) is 25.3 Å². The molecule has 154 valence electrons. The summed E-state index contributed by atoms with van der Waals surface area (Å²) in [7, 11) is 0. The number of aromatic amines is 1. The summed E-state index contributed by atoms with van der Waals surface area (Å²) in [5, 5.41) is 3.19. The molecule has 3 rings (SSSR count). The van der Waals surface area contributed by atoms with Gasteiger partial charge in [0.1, 0.15) is 0 Å². The second-order valence-corrected chi connectivity index (χ2v) is 6.44. The van der Waals surface area contributed by atoms with Crippen molar-refractivity contribution in [2.24, 2.45) is 0 Å². The van der Waals surface area contributed by atoms with Crippen LogP contribution in [0.2, 0.25) is 0 Å². The highest BCUT2D eigenvalue weighted by molar-refractivity contribution is 7.71. The number of carbonyl (C=O) groups excluding carboxylic acids is 1.